The zero-order valence-corrected chi connectivity index (χ0v) is 16.9. The summed E-state index contributed by atoms with van der Waals surface area (Å²) in [5.74, 6) is 0.328. The molecule has 1 aromatic carbocycles. The average Bonchev–Trinajstić information content (AvgIpc) is 3.07. The van der Waals surface area contributed by atoms with Crippen molar-refractivity contribution in [3.05, 3.63) is 59.9 Å². The number of carbonyl (C=O) groups excluding carboxylic acids is 1. The molecule has 1 aliphatic carbocycles. The first-order valence-electron chi connectivity index (χ1n) is 9.97. The number of benzene rings is 1. The number of amides is 1. The molecule has 2 aliphatic heterocycles. The van der Waals surface area contributed by atoms with Crippen molar-refractivity contribution in [3.8, 4) is 0 Å². The van der Waals surface area contributed by atoms with Gasteiger partial charge in [-0.1, -0.05) is 30.3 Å². The predicted octanol–water partition coefficient (Wildman–Crippen LogP) is 1.45. The number of ether oxygens (including phenoxy) is 1. The van der Waals surface area contributed by atoms with Crippen LogP contribution in [-0.4, -0.2) is 73.5 Å². The van der Waals surface area contributed by atoms with E-state index in [0.717, 1.165) is 44.2 Å². The molecule has 1 aromatic rings. The predicted molar refractivity (Wildman–Crippen MR) is 114 cm³/mol. The van der Waals surface area contributed by atoms with Crippen molar-refractivity contribution in [3.63, 3.8) is 0 Å². The standard InChI is InChI=1S/C22H27N5O2/c1-26-10-11-27(13-16-6-4-3-5-7-16)15-17(14-26)23-22(28)21-19-12-18(29-2)8-9-20(19)24-25-21/h3-9,12,17,19H,10-11,13-15H2,1-2H3,(H,23,28). The maximum atomic E-state index is 13.0. The molecule has 3 aliphatic rings. The van der Waals surface area contributed by atoms with Crippen LogP contribution in [0.2, 0.25) is 0 Å². The number of nitrogens with zero attached hydrogens (tertiary/aromatic N) is 4. The van der Waals surface area contributed by atoms with E-state index in [4.69, 9.17) is 4.74 Å². The lowest BCUT2D eigenvalue weighted by Crippen LogP contribution is -2.49. The molecule has 1 N–H and O–H groups in total. The Labute approximate surface area is 171 Å². The summed E-state index contributed by atoms with van der Waals surface area (Å²) in [7, 11) is 3.71. The Bertz CT molecular complexity index is 874. The van der Waals surface area contributed by atoms with Gasteiger partial charge in [0, 0.05) is 32.7 Å². The van der Waals surface area contributed by atoms with Crippen LogP contribution in [-0.2, 0) is 16.1 Å². The molecule has 2 atom stereocenters. The molecule has 1 saturated heterocycles. The number of rotatable bonds is 5. The highest BCUT2D eigenvalue weighted by molar-refractivity contribution is 6.46. The van der Waals surface area contributed by atoms with E-state index in [9.17, 15) is 4.79 Å². The third-order valence-electron chi connectivity index (χ3n) is 5.50. The molecule has 29 heavy (non-hydrogen) atoms. The molecule has 0 spiro atoms. The Balaban J connectivity index is 1.41. The Morgan fingerprint density at radius 3 is 2.79 bits per heavy atom. The lowest BCUT2D eigenvalue weighted by molar-refractivity contribution is -0.115. The maximum Gasteiger partial charge on any atom is 0.268 e. The Kier molecular flexibility index (Phi) is 5.87. The highest BCUT2D eigenvalue weighted by Crippen LogP contribution is 2.22. The van der Waals surface area contributed by atoms with Gasteiger partial charge in [0.25, 0.3) is 5.91 Å². The molecule has 4 rings (SSSR count). The van der Waals surface area contributed by atoms with E-state index in [1.807, 2.05) is 24.3 Å². The Morgan fingerprint density at radius 2 is 2.00 bits per heavy atom. The Morgan fingerprint density at radius 1 is 1.17 bits per heavy atom. The number of fused-ring (bicyclic) bond motifs is 1. The van der Waals surface area contributed by atoms with E-state index in [1.54, 1.807) is 7.11 Å². The van der Waals surface area contributed by atoms with Crippen LogP contribution in [0.3, 0.4) is 0 Å². The van der Waals surface area contributed by atoms with Crippen molar-refractivity contribution >= 4 is 17.3 Å². The zero-order chi connectivity index (χ0) is 20.2. The van der Waals surface area contributed by atoms with Gasteiger partial charge in [0.15, 0.2) is 0 Å². The molecule has 0 radical (unpaired) electrons. The van der Waals surface area contributed by atoms with E-state index in [-0.39, 0.29) is 17.9 Å². The van der Waals surface area contributed by atoms with E-state index in [0.29, 0.717) is 5.71 Å². The van der Waals surface area contributed by atoms with Gasteiger partial charge >= 0.3 is 0 Å². The van der Waals surface area contributed by atoms with Gasteiger partial charge in [-0.05, 0) is 30.8 Å². The largest absolute Gasteiger partial charge is 0.497 e. The third-order valence-corrected chi connectivity index (χ3v) is 5.50. The first-order chi connectivity index (χ1) is 14.1. The normalized spacial score (nSPS) is 24.8. The van der Waals surface area contributed by atoms with Gasteiger partial charge in [-0.25, -0.2) is 0 Å². The molecule has 2 unspecified atom stereocenters. The van der Waals surface area contributed by atoms with Crippen LogP contribution in [0.4, 0.5) is 0 Å². The van der Waals surface area contributed by atoms with Gasteiger partial charge in [0.1, 0.15) is 11.5 Å². The van der Waals surface area contributed by atoms with Crippen LogP contribution in [0.5, 0.6) is 0 Å². The molecule has 0 saturated carbocycles. The second-order valence-electron chi connectivity index (χ2n) is 7.75. The van der Waals surface area contributed by atoms with Crippen molar-refractivity contribution in [1.29, 1.82) is 0 Å². The Hall–Kier alpha value is -2.77. The minimum atomic E-state index is -0.237. The first kappa shape index (κ1) is 19.5. The van der Waals surface area contributed by atoms with Crippen molar-refractivity contribution in [2.75, 3.05) is 40.3 Å². The molecule has 7 heteroatoms. The zero-order valence-electron chi connectivity index (χ0n) is 16.9. The summed E-state index contributed by atoms with van der Waals surface area (Å²) < 4.78 is 5.30. The second kappa shape index (κ2) is 8.71. The molecular formula is C22H27N5O2. The smallest absolute Gasteiger partial charge is 0.268 e. The van der Waals surface area contributed by atoms with Crippen LogP contribution in [0, 0.1) is 5.92 Å². The van der Waals surface area contributed by atoms with Crippen LogP contribution < -0.4 is 5.32 Å². The summed E-state index contributed by atoms with van der Waals surface area (Å²) in [4.78, 5) is 17.7. The van der Waals surface area contributed by atoms with Crippen molar-refractivity contribution in [2.24, 2.45) is 16.1 Å². The van der Waals surface area contributed by atoms with Gasteiger partial charge in [-0.2, -0.15) is 5.10 Å². The highest BCUT2D eigenvalue weighted by Gasteiger charge is 2.33. The van der Waals surface area contributed by atoms with Gasteiger partial charge in [-0.15, -0.1) is 5.10 Å². The molecule has 1 fully saturated rings. The molecule has 2 heterocycles. The summed E-state index contributed by atoms with van der Waals surface area (Å²) in [5.41, 5.74) is 2.49. The number of allylic oxidation sites excluding steroid dienone is 3. The van der Waals surface area contributed by atoms with Crippen LogP contribution >= 0.6 is 0 Å². The summed E-state index contributed by atoms with van der Waals surface area (Å²) >= 11 is 0. The number of carbonyl (C=O) groups is 1. The molecule has 7 nitrogen and oxygen atoms in total. The van der Waals surface area contributed by atoms with Gasteiger partial charge < -0.3 is 15.0 Å². The van der Waals surface area contributed by atoms with Crippen LogP contribution in [0.15, 0.2) is 64.5 Å². The van der Waals surface area contributed by atoms with Crippen molar-refractivity contribution in [1.82, 2.24) is 15.1 Å². The number of hydrogen-bond acceptors (Lipinski definition) is 6. The molecule has 0 aromatic heterocycles. The second-order valence-corrected chi connectivity index (χ2v) is 7.75. The topological polar surface area (TPSA) is 69.5 Å². The summed E-state index contributed by atoms with van der Waals surface area (Å²) in [5, 5.41) is 11.5. The average molecular weight is 393 g/mol. The van der Waals surface area contributed by atoms with Gasteiger partial charge in [-0.3, -0.25) is 9.69 Å². The SMILES string of the molecule is COC1=CC2C(=NN=C2C(=O)NC2CN(C)CCN(Cc3ccccc3)C2)C=C1. The number of nitrogens with one attached hydrogen (secondary N) is 1. The third kappa shape index (κ3) is 4.63. The highest BCUT2D eigenvalue weighted by atomic mass is 16.5. The van der Waals surface area contributed by atoms with E-state index in [2.05, 4.69) is 56.6 Å². The first-order valence-corrected chi connectivity index (χ1v) is 9.97. The summed E-state index contributed by atoms with van der Waals surface area (Å²) in [6.45, 7) is 4.43. The molecule has 152 valence electrons. The van der Waals surface area contributed by atoms with E-state index < -0.39 is 0 Å². The van der Waals surface area contributed by atoms with Crippen molar-refractivity contribution < 1.29 is 9.53 Å². The van der Waals surface area contributed by atoms with Crippen molar-refractivity contribution in [2.45, 2.75) is 12.6 Å². The lowest BCUT2D eigenvalue weighted by atomic mass is 9.93. The molecule has 0 bridgehead atoms. The summed E-state index contributed by atoms with van der Waals surface area (Å²) in [6.07, 6.45) is 5.59. The van der Waals surface area contributed by atoms with Crippen LogP contribution in [0.25, 0.3) is 0 Å². The fourth-order valence-electron chi connectivity index (χ4n) is 3.96. The quantitative estimate of drug-likeness (QED) is 0.822. The molecular weight excluding hydrogens is 366 g/mol. The fourth-order valence-corrected chi connectivity index (χ4v) is 3.96. The van der Waals surface area contributed by atoms with E-state index in [1.165, 1.54) is 5.56 Å². The van der Waals surface area contributed by atoms with E-state index >= 15 is 0 Å². The number of likely N-dealkylation sites (N-methyl/N-ethyl adjacent to an activating group) is 1. The number of hydrogen-bond donors (Lipinski definition) is 1. The summed E-state index contributed by atoms with van der Waals surface area (Å²) in [6, 6.07) is 10.5. The minimum absolute atomic E-state index is 0.0236. The van der Waals surface area contributed by atoms with Crippen LogP contribution in [0.1, 0.15) is 5.56 Å². The monoisotopic (exact) mass is 393 g/mol. The lowest BCUT2D eigenvalue weighted by Gasteiger charge is -2.25. The number of methoxy groups -OCH3 is 1. The maximum absolute atomic E-state index is 13.0. The molecule has 1 amide bonds. The van der Waals surface area contributed by atoms with Gasteiger partial charge in [0.2, 0.25) is 0 Å². The van der Waals surface area contributed by atoms with Gasteiger partial charge in [0.05, 0.1) is 24.8 Å². The fraction of sp³-hybridized carbons (Fsp3) is 0.409. The minimum Gasteiger partial charge on any atom is -0.497 e.